The molecule has 0 saturated heterocycles. The molecule has 3 aromatic heterocycles. The number of pyridine rings is 1. The SMILES string of the molecule is CNC(=O)c1ccc(-n2c(=O)c3c(n4ncc(Cc5ccccc5)c24)CN(C(=O)OC(C)(C)C)C(C)C3)nc1. The number of aromatic nitrogens is 4. The second-order valence-electron chi connectivity index (χ2n) is 10.8. The van der Waals surface area contributed by atoms with Gasteiger partial charge in [-0.3, -0.25) is 14.5 Å². The predicted octanol–water partition coefficient (Wildman–Crippen LogP) is 3.51. The molecule has 1 aromatic carbocycles. The van der Waals surface area contributed by atoms with Gasteiger partial charge in [-0.25, -0.2) is 18.9 Å². The number of nitrogens with one attached hydrogen (secondary N) is 1. The first-order chi connectivity index (χ1) is 18.6. The molecule has 10 nitrogen and oxygen atoms in total. The van der Waals surface area contributed by atoms with Crippen molar-refractivity contribution in [2.24, 2.45) is 0 Å². The molecule has 5 rings (SSSR count). The van der Waals surface area contributed by atoms with E-state index >= 15 is 0 Å². The number of nitrogens with zero attached hydrogens (tertiary/aromatic N) is 5. The molecule has 1 aliphatic rings. The highest BCUT2D eigenvalue weighted by Crippen LogP contribution is 2.27. The molecule has 2 amide bonds. The third-order valence-electron chi connectivity index (χ3n) is 6.78. The lowest BCUT2D eigenvalue weighted by Gasteiger charge is -2.36. The Morgan fingerprint density at radius 2 is 1.85 bits per heavy atom. The fourth-order valence-corrected chi connectivity index (χ4v) is 4.90. The first kappa shape index (κ1) is 26.1. The summed E-state index contributed by atoms with van der Waals surface area (Å²) < 4.78 is 8.96. The van der Waals surface area contributed by atoms with Gasteiger partial charge in [0.1, 0.15) is 17.1 Å². The molecule has 4 aromatic rings. The van der Waals surface area contributed by atoms with E-state index in [9.17, 15) is 14.4 Å². The number of carbonyl (C=O) groups excluding carboxylic acids is 2. The van der Waals surface area contributed by atoms with Crippen molar-refractivity contribution in [2.75, 3.05) is 7.05 Å². The molecule has 0 fully saturated rings. The van der Waals surface area contributed by atoms with Crippen LogP contribution in [0.5, 0.6) is 0 Å². The van der Waals surface area contributed by atoms with Gasteiger partial charge in [0.05, 0.1) is 24.0 Å². The lowest BCUT2D eigenvalue weighted by atomic mass is 9.99. The van der Waals surface area contributed by atoms with Gasteiger partial charge in [-0.2, -0.15) is 5.10 Å². The van der Waals surface area contributed by atoms with Crippen LogP contribution in [0.25, 0.3) is 11.5 Å². The van der Waals surface area contributed by atoms with E-state index in [0.29, 0.717) is 41.1 Å². The van der Waals surface area contributed by atoms with E-state index in [0.717, 1.165) is 11.1 Å². The van der Waals surface area contributed by atoms with Crippen molar-refractivity contribution in [2.45, 2.75) is 58.7 Å². The summed E-state index contributed by atoms with van der Waals surface area (Å²) in [7, 11) is 1.55. The van der Waals surface area contributed by atoms with Crippen molar-refractivity contribution in [3.8, 4) is 5.82 Å². The third kappa shape index (κ3) is 5.01. The Morgan fingerprint density at radius 1 is 1.10 bits per heavy atom. The molecule has 0 saturated carbocycles. The van der Waals surface area contributed by atoms with Gasteiger partial charge in [0.2, 0.25) is 0 Å². The van der Waals surface area contributed by atoms with Crippen molar-refractivity contribution in [1.82, 2.24) is 29.4 Å². The monoisotopic (exact) mass is 528 g/mol. The van der Waals surface area contributed by atoms with Crippen LogP contribution in [-0.4, -0.2) is 54.8 Å². The molecule has 10 heteroatoms. The second kappa shape index (κ2) is 10.0. The molecule has 202 valence electrons. The highest BCUT2D eigenvalue weighted by molar-refractivity contribution is 5.93. The molecule has 4 heterocycles. The fraction of sp³-hybridized carbons (Fsp3) is 0.345. The highest BCUT2D eigenvalue weighted by Gasteiger charge is 2.35. The van der Waals surface area contributed by atoms with E-state index < -0.39 is 11.7 Å². The lowest BCUT2D eigenvalue weighted by Crippen LogP contribution is -2.48. The molecule has 0 spiro atoms. The summed E-state index contributed by atoms with van der Waals surface area (Å²) in [5.74, 6) is 0.125. The Balaban J connectivity index is 1.69. The minimum absolute atomic E-state index is 0.188. The topological polar surface area (TPSA) is 111 Å². The first-order valence-corrected chi connectivity index (χ1v) is 12.9. The Labute approximate surface area is 226 Å². The molecule has 1 unspecified atom stereocenters. The summed E-state index contributed by atoms with van der Waals surface area (Å²) in [6, 6.07) is 13.0. The van der Waals surface area contributed by atoms with Crippen LogP contribution in [0.4, 0.5) is 4.79 Å². The van der Waals surface area contributed by atoms with Crippen LogP contribution in [0.3, 0.4) is 0 Å². The molecule has 1 aliphatic heterocycles. The summed E-state index contributed by atoms with van der Waals surface area (Å²) in [4.78, 5) is 45.4. The van der Waals surface area contributed by atoms with Crippen molar-refractivity contribution < 1.29 is 14.3 Å². The molecule has 0 radical (unpaired) electrons. The Morgan fingerprint density at radius 3 is 2.49 bits per heavy atom. The summed E-state index contributed by atoms with van der Waals surface area (Å²) >= 11 is 0. The zero-order valence-corrected chi connectivity index (χ0v) is 22.8. The quantitative estimate of drug-likeness (QED) is 0.434. The molecule has 0 bridgehead atoms. The van der Waals surface area contributed by atoms with E-state index in [1.807, 2.05) is 58.0 Å². The molecule has 1 N–H and O–H groups in total. The Bertz CT molecular complexity index is 1600. The zero-order chi connectivity index (χ0) is 27.9. The van der Waals surface area contributed by atoms with Crippen LogP contribution in [0.15, 0.2) is 59.7 Å². The maximum atomic E-state index is 14.1. The van der Waals surface area contributed by atoms with Gasteiger partial charge in [0.25, 0.3) is 11.5 Å². The van der Waals surface area contributed by atoms with E-state index in [2.05, 4.69) is 10.3 Å². The molecule has 1 atom stereocenters. The van der Waals surface area contributed by atoms with Gasteiger partial charge in [-0.15, -0.1) is 0 Å². The molecule has 0 aliphatic carbocycles. The minimum atomic E-state index is -0.642. The van der Waals surface area contributed by atoms with E-state index in [1.165, 1.54) is 6.20 Å². The van der Waals surface area contributed by atoms with Gasteiger partial charge < -0.3 is 10.1 Å². The van der Waals surface area contributed by atoms with Crippen LogP contribution in [-0.2, 0) is 24.1 Å². The highest BCUT2D eigenvalue weighted by atomic mass is 16.6. The molecule has 39 heavy (non-hydrogen) atoms. The van der Waals surface area contributed by atoms with Gasteiger partial charge >= 0.3 is 6.09 Å². The van der Waals surface area contributed by atoms with Crippen molar-refractivity contribution in [1.29, 1.82) is 0 Å². The van der Waals surface area contributed by atoms with Crippen molar-refractivity contribution in [3.63, 3.8) is 0 Å². The standard InChI is InChI=1S/C29H32N6O4/c1-18-13-22-23(17-33(18)28(38)39-29(2,3)4)35-26(21(16-32-35)14-19-9-7-6-8-10-19)34(27(22)37)24-12-11-20(15-31-24)25(36)30-5/h6-12,15-16,18H,13-14,17H2,1-5H3,(H,30,36). The van der Waals surface area contributed by atoms with Gasteiger partial charge in [-0.1, -0.05) is 30.3 Å². The van der Waals surface area contributed by atoms with Crippen LogP contribution < -0.4 is 10.9 Å². The number of benzene rings is 1. The number of amides is 2. The number of fused-ring (bicyclic) bond motifs is 3. The van der Waals surface area contributed by atoms with Crippen molar-refractivity contribution >= 4 is 17.6 Å². The Hall–Kier alpha value is -4.47. The van der Waals surface area contributed by atoms with Crippen molar-refractivity contribution in [3.05, 3.63) is 93.2 Å². The first-order valence-electron chi connectivity index (χ1n) is 12.9. The van der Waals surface area contributed by atoms with E-state index in [4.69, 9.17) is 9.84 Å². The van der Waals surface area contributed by atoms with Gasteiger partial charge in [-0.05, 0) is 45.4 Å². The van der Waals surface area contributed by atoms with E-state index in [-0.39, 0.29) is 24.1 Å². The normalized spacial score (nSPS) is 15.2. The van der Waals surface area contributed by atoms with E-state index in [1.54, 1.807) is 39.4 Å². The average molecular weight is 529 g/mol. The number of hydrogen-bond donors (Lipinski definition) is 1. The summed E-state index contributed by atoms with van der Waals surface area (Å²) in [5, 5.41) is 7.28. The number of carbonyl (C=O) groups is 2. The smallest absolute Gasteiger partial charge is 0.410 e. The van der Waals surface area contributed by atoms with Crippen LogP contribution in [0.1, 0.15) is 60.4 Å². The van der Waals surface area contributed by atoms with Crippen LogP contribution in [0, 0.1) is 0 Å². The largest absolute Gasteiger partial charge is 0.444 e. The summed E-state index contributed by atoms with van der Waals surface area (Å²) in [5.41, 5.74) is 3.22. The fourth-order valence-electron chi connectivity index (χ4n) is 4.90. The maximum Gasteiger partial charge on any atom is 0.410 e. The van der Waals surface area contributed by atoms with Crippen LogP contribution >= 0.6 is 0 Å². The van der Waals surface area contributed by atoms with Crippen LogP contribution in [0.2, 0.25) is 0 Å². The Kier molecular flexibility index (Phi) is 6.71. The molecular formula is C29H32N6O4. The van der Waals surface area contributed by atoms with Gasteiger partial charge in [0, 0.05) is 43.3 Å². The number of hydrogen-bond acceptors (Lipinski definition) is 6. The summed E-state index contributed by atoms with van der Waals surface area (Å²) in [6.45, 7) is 7.58. The van der Waals surface area contributed by atoms with Gasteiger partial charge in [0.15, 0.2) is 0 Å². The summed E-state index contributed by atoms with van der Waals surface area (Å²) in [6.07, 6.45) is 3.67. The maximum absolute atomic E-state index is 14.1. The zero-order valence-electron chi connectivity index (χ0n) is 22.8. The molecular weight excluding hydrogens is 496 g/mol. The predicted molar refractivity (Wildman–Crippen MR) is 146 cm³/mol. The third-order valence-corrected chi connectivity index (χ3v) is 6.78. The lowest BCUT2D eigenvalue weighted by molar-refractivity contribution is 0.0131. The number of ether oxygens (including phenoxy) is 1. The minimum Gasteiger partial charge on any atom is -0.444 e. The number of rotatable bonds is 4. The average Bonchev–Trinajstić information content (AvgIpc) is 3.31. The second-order valence-corrected chi connectivity index (χ2v) is 10.8.